The first-order chi connectivity index (χ1) is 8.15. The summed E-state index contributed by atoms with van der Waals surface area (Å²) < 4.78 is 4.75. The Morgan fingerprint density at radius 1 is 1.29 bits per heavy atom. The smallest absolute Gasteiger partial charge is 0.423 e. The molecule has 2 aliphatic carbocycles. The van der Waals surface area contributed by atoms with E-state index >= 15 is 0 Å². The fraction of sp³-hybridized carbons (Fsp3) is 0.583. The van der Waals surface area contributed by atoms with E-state index in [4.69, 9.17) is 4.74 Å². The molecule has 0 aromatic heterocycles. The highest BCUT2D eigenvalue weighted by Crippen LogP contribution is 2.52. The van der Waals surface area contributed by atoms with Crippen molar-refractivity contribution < 1.29 is 19.1 Å². The van der Waals surface area contributed by atoms with E-state index in [9.17, 15) is 14.4 Å². The van der Waals surface area contributed by atoms with Gasteiger partial charge in [0.25, 0.3) is 0 Å². The van der Waals surface area contributed by atoms with Gasteiger partial charge in [0.05, 0.1) is 18.4 Å². The van der Waals surface area contributed by atoms with Crippen LogP contribution in [0, 0.1) is 23.7 Å². The number of nitrogens with zero attached hydrogens (tertiary/aromatic N) is 1. The number of likely N-dealkylation sites (tertiary alicyclic amines) is 1. The average Bonchev–Trinajstić information content (AvgIpc) is 2.93. The molecule has 5 heteroatoms. The number of rotatable bonds is 1. The molecule has 3 amide bonds. The van der Waals surface area contributed by atoms with Crippen LogP contribution in [0.2, 0.25) is 0 Å². The molecule has 0 aromatic carbocycles. The Kier molecular flexibility index (Phi) is 2.11. The van der Waals surface area contributed by atoms with Gasteiger partial charge in [0, 0.05) is 0 Å². The fourth-order valence-electron chi connectivity index (χ4n) is 3.27. The van der Waals surface area contributed by atoms with Gasteiger partial charge >= 0.3 is 6.09 Å². The van der Waals surface area contributed by atoms with Crippen molar-refractivity contribution in [1.82, 2.24) is 4.90 Å². The number of carbonyl (C=O) groups excluding carboxylic acids is 3. The minimum atomic E-state index is -0.823. The summed E-state index contributed by atoms with van der Waals surface area (Å²) in [5.74, 6) is -1.17. The van der Waals surface area contributed by atoms with Crippen LogP contribution in [0.4, 0.5) is 4.79 Å². The number of amides is 3. The maximum Gasteiger partial charge on any atom is 0.423 e. The zero-order valence-corrected chi connectivity index (χ0v) is 9.46. The molecule has 3 rings (SSSR count). The Labute approximate surface area is 98.4 Å². The lowest BCUT2D eigenvalue weighted by Crippen LogP contribution is -2.38. The van der Waals surface area contributed by atoms with Crippen LogP contribution in [0.5, 0.6) is 0 Å². The average molecular weight is 235 g/mol. The lowest BCUT2D eigenvalue weighted by atomic mass is 9.85. The molecule has 2 bridgehead atoms. The third-order valence-corrected chi connectivity index (χ3v) is 3.92. The summed E-state index contributed by atoms with van der Waals surface area (Å²) in [5, 5.41) is 0. The van der Waals surface area contributed by atoms with E-state index in [-0.39, 0.29) is 42.1 Å². The summed E-state index contributed by atoms with van der Waals surface area (Å²) >= 11 is 0. The summed E-state index contributed by atoms with van der Waals surface area (Å²) in [6.45, 7) is 1.81. The first-order valence-corrected chi connectivity index (χ1v) is 5.88. The molecule has 1 heterocycles. The predicted octanol–water partition coefficient (Wildman–Crippen LogP) is 0.950. The molecule has 0 N–H and O–H groups in total. The van der Waals surface area contributed by atoms with E-state index in [1.54, 1.807) is 6.92 Å². The van der Waals surface area contributed by atoms with Crippen LogP contribution in [0.15, 0.2) is 12.2 Å². The van der Waals surface area contributed by atoms with Crippen LogP contribution in [0.3, 0.4) is 0 Å². The summed E-state index contributed by atoms with van der Waals surface area (Å²) in [5.41, 5.74) is 0. The normalized spacial score (nSPS) is 37.8. The van der Waals surface area contributed by atoms with E-state index in [0.29, 0.717) is 4.90 Å². The standard InChI is InChI=1S/C12H13NO4/c1-2-17-12(16)13-10(14)8-6-3-4-7(5-6)9(8)11(13)15/h3-4,6-9H,2,5H2,1H3/t6-,7+,8+,9-. The summed E-state index contributed by atoms with van der Waals surface area (Å²) in [6.07, 6.45) is 4.03. The highest BCUT2D eigenvalue weighted by atomic mass is 16.6. The number of imide groups is 3. The Bertz CT molecular complexity index is 412. The second-order valence-corrected chi connectivity index (χ2v) is 4.71. The Hall–Kier alpha value is -1.65. The molecule has 90 valence electrons. The monoisotopic (exact) mass is 235 g/mol. The highest BCUT2D eigenvalue weighted by molar-refractivity contribution is 6.16. The van der Waals surface area contributed by atoms with Gasteiger partial charge in [-0.1, -0.05) is 12.2 Å². The maximum absolute atomic E-state index is 12.1. The molecule has 0 radical (unpaired) electrons. The Balaban J connectivity index is 1.90. The predicted molar refractivity (Wildman–Crippen MR) is 56.6 cm³/mol. The molecular formula is C12H13NO4. The van der Waals surface area contributed by atoms with Crippen molar-refractivity contribution in [2.24, 2.45) is 23.7 Å². The van der Waals surface area contributed by atoms with Crippen molar-refractivity contribution in [2.45, 2.75) is 13.3 Å². The molecule has 0 unspecified atom stereocenters. The van der Waals surface area contributed by atoms with Crippen molar-refractivity contribution >= 4 is 17.9 Å². The van der Waals surface area contributed by atoms with Gasteiger partial charge in [-0.15, -0.1) is 0 Å². The van der Waals surface area contributed by atoms with Crippen LogP contribution >= 0.6 is 0 Å². The topological polar surface area (TPSA) is 63.7 Å². The van der Waals surface area contributed by atoms with Gasteiger partial charge in [-0.25, -0.2) is 4.79 Å². The van der Waals surface area contributed by atoms with Gasteiger partial charge < -0.3 is 4.74 Å². The minimum absolute atomic E-state index is 0.126. The number of hydrogen-bond donors (Lipinski definition) is 0. The quantitative estimate of drug-likeness (QED) is 0.501. The lowest BCUT2D eigenvalue weighted by molar-refractivity contribution is -0.138. The molecule has 3 aliphatic rings. The van der Waals surface area contributed by atoms with Crippen LogP contribution in [-0.2, 0) is 14.3 Å². The van der Waals surface area contributed by atoms with Crippen LogP contribution < -0.4 is 0 Å². The molecule has 1 saturated carbocycles. The molecule has 4 atom stereocenters. The molecule has 2 fully saturated rings. The summed E-state index contributed by atoms with van der Waals surface area (Å²) in [6, 6.07) is 0. The van der Waals surface area contributed by atoms with Crippen molar-refractivity contribution in [2.75, 3.05) is 6.61 Å². The van der Waals surface area contributed by atoms with Crippen LogP contribution in [0.25, 0.3) is 0 Å². The van der Waals surface area contributed by atoms with Gasteiger partial charge in [0.15, 0.2) is 0 Å². The molecular weight excluding hydrogens is 222 g/mol. The van der Waals surface area contributed by atoms with Crippen LogP contribution in [-0.4, -0.2) is 29.4 Å². The third kappa shape index (κ3) is 1.22. The van der Waals surface area contributed by atoms with Crippen molar-refractivity contribution in [3.05, 3.63) is 12.2 Å². The van der Waals surface area contributed by atoms with Crippen LogP contribution in [0.1, 0.15) is 13.3 Å². The summed E-state index contributed by atoms with van der Waals surface area (Å²) in [4.78, 5) is 36.4. The Morgan fingerprint density at radius 3 is 2.29 bits per heavy atom. The number of ether oxygens (including phenoxy) is 1. The number of carbonyl (C=O) groups is 3. The van der Waals surface area contributed by atoms with Gasteiger partial charge in [0.2, 0.25) is 11.8 Å². The zero-order chi connectivity index (χ0) is 12.2. The first kappa shape index (κ1) is 10.5. The molecule has 5 nitrogen and oxygen atoms in total. The first-order valence-electron chi connectivity index (χ1n) is 5.88. The fourth-order valence-corrected chi connectivity index (χ4v) is 3.27. The van der Waals surface area contributed by atoms with Gasteiger partial charge in [-0.3, -0.25) is 9.59 Å². The second kappa shape index (κ2) is 3.42. The largest absolute Gasteiger partial charge is 0.449 e. The lowest BCUT2D eigenvalue weighted by Gasteiger charge is -2.14. The molecule has 0 spiro atoms. The SMILES string of the molecule is CCOC(=O)N1C(=O)[C@@H]2[C@H](C1=O)[C@H]1C=C[C@@H]2C1. The number of hydrogen-bond acceptors (Lipinski definition) is 4. The highest BCUT2D eigenvalue weighted by Gasteiger charge is 2.61. The van der Waals surface area contributed by atoms with Crippen molar-refractivity contribution in [1.29, 1.82) is 0 Å². The van der Waals surface area contributed by atoms with E-state index in [2.05, 4.69) is 0 Å². The number of fused-ring (bicyclic) bond motifs is 5. The Morgan fingerprint density at radius 2 is 1.82 bits per heavy atom. The van der Waals surface area contributed by atoms with Crippen molar-refractivity contribution in [3.8, 4) is 0 Å². The minimum Gasteiger partial charge on any atom is -0.449 e. The second-order valence-electron chi connectivity index (χ2n) is 4.71. The van der Waals surface area contributed by atoms with E-state index in [1.807, 2.05) is 12.2 Å². The van der Waals surface area contributed by atoms with E-state index in [0.717, 1.165) is 6.42 Å². The molecule has 17 heavy (non-hydrogen) atoms. The number of allylic oxidation sites excluding steroid dienone is 2. The molecule has 1 saturated heterocycles. The third-order valence-electron chi connectivity index (χ3n) is 3.92. The van der Waals surface area contributed by atoms with E-state index in [1.165, 1.54) is 0 Å². The van der Waals surface area contributed by atoms with Crippen molar-refractivity contribution in [3.63, 3.8) is 0 Å². The van der Waals surface area contributed by atoms with Gasteiger partial charge in [0.1, 0.15) is 0 Å². The van der Waals surface area contributed by atoms with Gasteiger partial charge in [-0.2, -0.15) is 4.90 Å². The summed E-state index contributed by atoms with van der Waals surface area (Å²) in [7, 11) is 0. The zero-order valence-electron chi connectivity index (χ0n) is 9.46. The maximum atomic E-state index is 12.1. The molecule has 0 aromatic rings. The van der Waals surface area contributed by atoms with E-state index < -0.39 is 6.09 Å². The van der Waals surface area contributed by atoms with Gasteiger partial charge in [-0.05, 0) is 25.2 Å². The molecule has 1 aliphatic heterocycles.